The Morgan fingerprint density at radius 3 is 2.56 bits per heavy atom. The number of benzene rings is 1. The minimum atomic E-state index is 0.190. The largest absolute Gasteiger partial charge is 0.508 e. The van der Waals surface area contributed by atoms with E-state index in [9.17, 15) is 0 Å². The standard InChI is InChI=1S/C11H7BrClNO2/c12-10-5-7(13)6-14-11(10)16-9-3-1-8(15)2-4-9/h1-6,15H. The molecule has 1 aromatic heterocycles. The van der Waals surface area contributed by atoms with Crippen LogP contribution in [0.15, 0.2) is 41.0 Å². The maximum absolute atomic E-state index is 9.12. The van der Waals surface area contributed by atoms with Gasteiger partial charge in [0.05, 0.1) is 9.50 Å². The molecule has 0 amide bonds. The highest BCUT2D eigenvalue weighted by Crippen LogP contribution is 2.29. The van der Waals surface area contributed by atoms with Gasteiger partial charge in [0, 0.05) is 6.20 Å². The van der Waals surface area contributed by atoms with Crippen molar-refractivity contribution in [2.75, 3.05) is 0 Å². The topological polar surface area (TPSA) is 42.4 Å². The molecule has 2 aromatic rings. The van der Waals surface area contributed by atoms with Crippen LogP contribution < -0.4 is 4.74 Å². The molecule has 0 bridgehead atoms. The molecule has 0 aliphatic heterocycles. The lowest BCUT2D eigenvalue weighted by Gasteiger charge is -2.06. The van der Waals surface area contributed by atoms with Crippen molar-refractivity contribution in [2.24, 2.45) is 0 Å². The predicted octanol–water partition coefficient (Wildman–Crippen LogP) is 4.00. The van der Waals surface area contributed by atoms with Gasteiger partial charge in [-0.1, -0.05) is 11.6 Å². The molecule has 0 saturated carbocycles. The van der Waals surface area contributed by atoms with Crippen molar-refractivity contribution in [1.29, 1.82) is 0 Å². The molecular weight excluding hydrogens is 293 g/mol. The van der Waals surface area contributed by atoms with E-state index in [1.807, 2.05) is 0 Å². The second kappa shape index (κ2) is 4.72. The summed E-state index contributed by atoms with van der Waals surface area (Å²) in [6.07, 6.45) is 1.50. The Morgan fingerprint density at radius 2 is 1.94 bits per heavy atom. The van der Waals surface area contributed by atoms with Crippen LogP contribution in [0, 0.1) is 0 Å². The van der Waals surface area contributed by atoms with Crippen LogP contribution in [0.4, 0.5) is 0 Å². The fourth-order valence-electron chi connectivity index (χ4n) is 1.10. The molecule has 1 heterocycles. The van der Waals surface area contributed by atoms with Gasteiger partial charge in [-0.25, -0.2) is 4.98 Å². The molecule has 0 fully saturated rings. The lowest BCUT2D eigenvalue weighted by molar-refractivity contribution is 0.452. The predicted molar refractivity (Wildman–Crippen MR) is 65.1 cm³/mol. The number of rotatable bonds is 2. The zero-order chi connectivity index (χ0) is 11.5. The summed E-state index contributed by atoms with van der Waals surface area (Å²) < 4.78 is 6.17. The van der Waals surface area contributed by atoms with Crippen molar-refractivity contribution in [3.8, 4) is 17.4 Å². The van der Waals surface area contributed by atoms with Crippen molar-refractivity contribution in [3.63, 3.8) is 0 Å². The molecule has 5 heteroatoms. The van der Waals surface area contributed by atoms with Crippen molar-refractivity contribution >= 4 is 27.5 Å². The first-order valence-corrected chi connectivity index (χ1v) is 5.60. The summed E-state index contributed by atoms with van der Waals surface area (Å²) in [6, 6.07) is 8.08. The van der Waals surface area contributed by atoms with Crippen LogP contribution in [-0.2, 0) is 0 Å². The summed E-state index contributed by atoms with van der Waals surface area (Å²) in [5.74, 6) is 1.21. The second-order valence-corrected chi connectivity index (χ2v) is 4.33. The number of phenolic OH excluding ortho intramolecular Hbond substituents is 1. The molecule has 0 spiro atoms. The zero-order valence-corrected chi connectivity index (χ0v) is 10.4. The molecular formula is C11H7BrClNO2. The molecule has 0 saturated heterocycles. The van der Waals surface area contributed by atoms with Crippen molar-refractivity contribution in [2.45, 2.75) is 0 Å². The van der Waals surface area contributed by atoms with E-state index < -0.39 is 0 Å². The monoisotopic (exact) mass is 299 g/mol. The van der Waals surface area contributed by atoms with Gasteiger partial charge in [-0.3, -0.25) is 0 Å². The van der Waals surface area contributed by atoms with Gasteiger partial charge < -0.3 is 9.84 Å². The summed E-state index contributed by atoms with van der Waals surface area (Å²) in [6.45, 7) is 0. The number of hydrogen-bond acceptors (Lipinski definition) is 3. The van der Waals surface area contributed by atoms with Crippen molar-refractivity contribution < 1.29 is 9.84 Å². The summed E-state index contributed by atoms with van der Waals surface area (Å²) in [5.41, 5.74) is 0. The van der Waals surface area contributed by atoms with E-state index in [1.165, 1.54) is 6.20 Å². The quantitative estimate of drug-likeness (QED) is 0.911. The van der Waals surface area contributed by atoms with Gasteiger partial charge in [0.1, 0.15) is 11.5 Å². The number of aromatic nitrogens is 1. The van der Waals surface area contributed by atoms with E-state index in [1.54, 1.807) is 30.3 Å². The minimum absolute atomic E-state index is 0.190. The summed E-state index contributed by atoms with van der Waals surface area (Å²) >= 11 is 9.06. The summed E-state index contributed by atoms with van der Waals surface area (Å²) in [5, 5.41) is 9.65. The average molecular weight is 301 g/mol. The highest BCUT2D eigenvalue weighted by Gasteiger charge is 2.05. The van der Waals surface area contributed by atoms with Crippen molar-refractivity contribution in [1.82, 2.24) is 4.98 Å². The first kappa shape index (κ1) is 11.2. The molecule has 3 nitrogen and oxygen atoms in total. The van der Waals surface area contributed by atoms with Gasteiger partial charge in [0.15, 0.2) is 0 Å². The Balaban J connectivity index is 2.23. The van der Waals surface area contributed by atoms with Crippen LogP contribution >= 0.6 is 27.5 Å². The number of ether oxygens (including phenoxy) is 1. The van der Waals surface area contributed by atoms with Crippen LogP contribution in [0.2, 0.25) is 5.02 Å². The fraction of sp³-hybridized carbons (Fsp3) is 0. The Bertz CT molecular complexity index is 502. The van der Waals surface area contributed by atoms with E-state index in [2.05, 4.69) is 20.9 Å². The maximum atomic E-state index is 9.12. The number of phenols is 1. The number of aromatic hydroxyl groups is 1. The van der Waals surface area contributed by atoms with Gasteiger partial charge in [0.25, 0.3) is 0 Å². The Kier molecular flexibility index (Phi) is 3.31. The van der Waals surface area contributed by atoms with Crippen LogP contribution in [0.3, 0.4) is 0 Å². The molecule has 82 valence electrons. The molecule has 0 radical (unpaired) electrons. The first-order valence-electron chi connectivity index (χ1n) is 4.43. The molecule has 0 aliphatic carbocycles. The molecule has 1 aromatic carbocycles. The Morgan fingerprint density at radius 1 is 1.25 bits per heavy atom. The number of hydrogen-bond donors (Lipinski definition) is 1. The van der Waals surface area contributed by atoms with Crippen LogP contribution in [0.1, 0.15) is 0 Å². The van der Waals surface area contributed by atoms with Gasteiger partial charge in [-0.15, -0.1) is 0 Å². The van der Waals surface area contributed by atoms with Gasteiger partial charge in [-0.05, 0) is 46.3 Å². The normalized spacial score (nSPS) is 10.1. The van der Waals surface area contributed by atoms with Gasteiger partial charge >= 0.3 is 0 Å². The van der Waals surface area contributed by atoms with E-state index in [4.69, 9.17) is 21.4 Å². The van der Waals surface area contributed by atoms with E-state index in [0.717, 1.165) is 0 Å². The third kappa shape index (κ3) is 2.65. The van der Waals surface area contributed by atoms with E-state index in [-0.39, 0.29) is 5.75 Å². The van der Waals surface area contributed by atoms with Crippen molar-refractivity contribution in [3.05, 3.63) is 46.0 Å². The average Bonchev–Trinajstić information content (AvgIpc) is 2.25. The highest BCUT2D eigenvalue weighted by atomic mass is 79.9. The maximum Gasteiger partial charge on any atom is 0.233 e. The highest BCUT2D eigenvalue weighted by molar-refractivity contribution is 9.10. The Hall–Kier alpha value is -1.26. The van der Waals surface area contributed by atoms with E-state index in [0.29, 0.717) is 21.1 Å². The molecule has 16 heavy (non-hydrogen) atoms. The van der Waals surface area contributed by atoms with Gasteiger partial charge in [0.2, 0.25) is 5.88 Å². The smallest absolute Gasteiger partial charge is 0.233 e. The second-order valence-electron chi connectivity index (χ2n) is 3.04. The third-order valence-electron chi connectivity index (χ3n) is 1.83. The SMILES string of the molecule is Oc1ccc(Oc2ncc(Cl)cc2Br)cc1. The number of nitrogens with zero attached hydrogens (tertiary/aromatic N) is 1. The molecule has 2 rings (SSSR count). The summed E-state index contributed by atoms with van der Waals surface area (Å²) in [7, 11) is 0. The molecule has 0 atom stereocenters. The van der Waals surface area contributed by atoms with Gasteiger partial charge in [-0.2, -0.15) is 0 Å². The molecule has 1 N–H and O–H groups in total. The van der Waals surface area contributed by atoms with E-state index >= 15 is 0 Å². The Labute approximate surface area is 106 Å². The first-order chi connectivity index (χ1) is 7.65. The van der Waals surface area contributed by atoms with Crippen LogP contribution in [-0.4, -0.2) is 10.1 Å². The number of halogens is 2. The lowest BCUT2D eigenvalue weighted by atomic mass is 10.3. The zero-order valence-electron chi connectivity index (χ0n) is 8.02. The lowest BCUT2D eigenvalue weighted by Crippen LogP contribution is -1.88. The minimum Gasteiger partial charge on any atom is -0.508 e. The number of pyridine rings is 1. The molecule has 0 unspecified atom stereocenters. The summed E-state index contributed by atoms with van der Waals surface area (Å²) in [4.78, 5) is 4.03. The fourth-order valence-corrected chi connectivity index (χ4v) is 1.82. The van der Waals surface area contributed by atoms with Crippen LogP contribution in [0.5, 0.6) is 17.4 Å². The molecule has 0 aliphatic rings. The van der Waals surface area contributed by atoms with Crippen LogP contribution in [0.25, 0.3) is 0 Å². The third-order valence-corrected chi connectivity index (χ3v) is 2.60.